The molecular formula is C14H17Br2NO3. The number of halogens is 2. The molecule has 1 aromatic rings. The van der Waals surface area contributed by atoms with E-state index in [1.165, 1.54) is 0 Å². The lowest BCUT2D eigenvalue weighted by molar-refractivity contribution is 0.0357. The van der Waals surface area contributed by atoms with E-state index in [9.17, 15) is 4.79 Å². The number of hydrogen-bond acceptors (Lipinski definition) is 4. The van der Waals surface area contributed by atoms with Gasteiger partial charge in [-0.1, -0.05) is 15.9 Å². The summed E-state index contributed by atoms with van der Waals surface area (Å²) in [7, 11) is 0. The second-order valence-electron chi connectivity index (χ2n) is 4.58. The van der Waals surface area contributed by atoms with Crippen LogP contribution in [-0.2, 0) is 4.74 Å². The summed E-state index contributed by atoms with van der Waals surface area (Å²) < 4.78 is 12.7. The van der Waals surface area contributed by atoms with Gasteiger partial charge in [-0.3, -0.25) is 9.69 Å². The zero-order valence-corrected chi connectivity index (χ0v) is 14.3. The number of ether oxygens (including phenoxy) is 2. The van der Waals surface area contributed by atoms with Crippen LogP contribution < -0.4 is 4.74 Å². The summed E-state index contributed by atoms with van der Waals surface area (Å²) in [5, 5.41) is 0. The number of aldehydes is 1. The van der Waals surface area contributed by atoms with Crippen LogP contribution in [0, 0.1) is 0 Å². The van der Waals surface area contributed by atoms with Crippen molar-refractivity contribution in [1.82, 2.24) is 4.90 Å². The number of hydrogen-bond donors (Lipinski definition) is 0. The molecular weight excluding hydrogens is 390 g/mol. The Balaban J connectivity index is 1.83. The fourth-order valence-corrected chi connectivity index (χ4v) is 3.48. The van der Waals surface area contributed by atoms with Crippen molar-refractivity contribution in [1.29, 1.82) is 0 Å². The molecule has 20 heavy (non-hydrogen) atoms. The van der Waals surface area contributed by atoms with E-state index in [1.807, 2.05) is 6.07 Å². The zero-order valence-electron chi connectivity index (χ0n) is 11.1. The first kappa shape index (κ1) is 15.9. The maximum Gasteiger partial charge on any atom is 0.153 e. The van der Waals surface area contributed by atoms with E-state index in [-0.39, 0.29) is 0 Å². The van der Waals surface area contributed by atoms with Gasteiger partial charge in [0.15, 0.2) is 6.29 Å². The fourth-order valence-electron chi connectivity index (χ4n) is 2.11. The van der Waals surface area contributed by atoms with Gasteiger partial charge < -0.3 is 9.47 Å². The lowest BCUT2D eigenvalue weighted by atomic mass is 10.2. The van der Waals surface area contributed by atoms with Gasteiger partial charge in [-0.2, -0.15) is 0 Å². The van der Waals surface area contributed by atoms with Crippen molar-refractivity contribution < 1.29 is 14.3 Å². The minimum atomic E-state index is 0.553. The molecule has 0 atom stereocenters. The normalized spacial score (nSPS) is 16.1. The molecule has 6 heteroatoms. The smallest absolute Gasteiger partial charge is 0.153 e. The van der Waals surface area contributed by atoms with Crippen molar-refractivity contribution in [2.45, 2.75) is 6.42 Å². The van der Waals surface area contributed by atoms with Crippen molar-refractivity contribution in [3.8, 4) is 5.75 Å². The third-order valence-electron chi connectivity index (χ3n) is 3.13. The molecule has 0 unspecified atom stereocenters. The summed E-state index contributed by atoms with van der Waals surface area (Å²) in [6.45, 7) is 5.19. The second kappa shape index (κ2) is 8.12. The lowest BCUT2D eigenvalue weighted by Gasteiger charge is -2.26. The van der Waals surface area contributed by atoms with E-state index >= 15 is 0 Å². The molecule has 0 bridgehead atoms. The lowest BCUT2D eigenvalue weighted by Crippen LogP contribution is -2.37. The van der Waals surface area contributed by atoms with Gasteiger partial charge in [0.25, 0.3) is 0 Å². The van der Waals surface area contributed by atoms with Crippen LogP contribution >= 0.6 is 31.9 Å². The monoisotopic (exact) mass is 405 g/mol. The minimum absolute atomic E-state index is 0.553. The zero-order chi connectivity index (χ0) is 14.4. The quantitative estimate of drug-likeness (QED) is 0.537. The average molecular weight is 407 g/mol. The van der Waals surface area contributed by atoms with Gasteiger partial charge in [0.05, 0.1) is 29.9 Å². The predicted octanol–water partition coefficient (Wildman–Crippen LogP) is 3.13. The Labute approximate surface area is 135 Å². The summed E-state index contributed by atoms with van der Waals surface area (Å²) in [6.07, 6.45) is 1.74. The Morgan fingerprint density at radius 2 is 2.05 bits per heavy atom. The van der Waals surface area contributed by atoms with Gasteiger partial charge in [0.1, 0.15) is 5.75 Å². The molecule has 2 rings (SSSR count). The highest BCUT2D eigenvalue weighted by atomic mass is 79.9. The van der Waals surface area contributed by atoms with Crippen molar-refractivity contribution in [2.75, 3.05) is 39.5 Å². The largest absolute Gasteiger partial charge is 0.492 e. The molecule has 110 valence electrons. The molecule has 0 aromatic heterocycles. The maximum absolute atomic E-state index is 11.1. The second-order valence-corrected chi connectivity index (χ2v) is 6.35. The molecule has 0 N–H and O–H groups in total. The van der Waals surface area contributed by atoms with Gasteiger partial charge in [-0.25, -0.2) is 0 Å². The van der Waals surface area contributed by atoms with Gasteiger partial charge in [-0.15, -0.1) is 0 Å². The molecule has 1 aliphatic heterocycles. The Bertz CT molecular complexity index is 462. The van der Waals surface area contributed by atoms with Gasteiger partial charge in [0, 0.05) is 24.1 Å². The Hall–Kier alpha value is -0.430. The highest BCUT2D eigenvalue weighted by Gasteiger charge is 2.12. The fraction of sp³-hybridized carbons (Fsp3) is 0.500. The highest BCUT2D eigenvalue weighted by molar-refractivity contribution is 9.11. The summed E-state index contributed by atoms with van der Waals surface area (Å²) in [4.78, 5) is 13.4. The van der Waals surface area contributed by atoms with Crippen molar-refractivity contribution in [3.63, 3.8) is 0 Å². The average Bonchev–Trinajstić information content (AvgIpc) is 2.45. The van der Waals surface area contributed by atoms with E-state index in [4.69, 9.17) is 9.47 Å². The number of nitrogens with zero attached hydrogens (tertiary/aromatic N) is 1. The Morgan fingerprint density at radius 1 is 1.30 bits per heavy atom. The van der Waals surface area contributed by atoms with Crippen LogP contribution in [0.25, 0.3) is 0 Å². The van der Waals surface area contributed by atoms with E-state index in [2.05, 4.69) is 36.8 Å². The number of morpholine rings is 1. The highest BCUT2D eigenvalue weighted by Crippen LogP contribution is 2.32. The Morgan fingerprint density at radius 3 is 2.75 bits per heavy atom. The molecule has 0 saturated carbocycles. The summed E-state index contributed by atoms with van der Waals surface area (Å²) in [5.41, 5.74) is 0.553. The molecule has 0 radical (unpaired) electrons. The van der Waals surface area contributed by atoms with Gasteiger partial charge >= 0.3 is 0 Å². The van der Waals surface area contributed by atoms with Crippen LogP contribution in [0.3, 0.4) is 0 Å². The molecule has 1 aliphatic rings. The predicted molar refractivity (Wildman–Crippen MR) is 84.6 cm³/mol. The first-order valence-corrected chi connectivity index (χ1v) is 8.16. The third kappa shape index (κ3) is 4.55. The van der Waals surface area contributed by atoms with Crippen molar-refractivity contribution in [3.05, 3.63) is 26.6 Å². The van der Waals surface area contributed by atoms with E-state index in [1.54, 1.807) is 6.07 Å². The van der Waals surface area contributed by atoms with Crippen LogP contribution in [0.4, 0.5) is 0 Å². The first-order valence-electron chi connectivity index (χ1n) is 6.58. The molecule has 1 fully saturated rings. The van der Waals surface area contributed by atoms with Crippen LogP contribution in [0.1, 0.15) is 16.8 Å². The van der Waals surface area contributed by atoms with E-state index < -0.39 is 0 Å². The van der Waals surface area contributed by atoms with Gasteiger partial charge in [-0.05, 0) is 34.5 Å². The van der Waals surface area contributed by atoms with Crippen LogP contribution in [0.5, 0.6) is 5.75 Å². The molecule has 0 amide bonds. The maximum atomic E-state index is 11.1. The first-order chi connectivity index (χ1) is 9.70. The molecule has 4 nitrogen and oxygen atoms in total. The molecule has 0 spiro atoms. The van der Waals surface area contributed by atoms with Crippen molar-refractivity contribution >= 4 is 38.1 Å². The van der Waals surface area contributed by atoms with Crippen LogP contribution in [-0.4, -0.2) is 50.6 Å². The molecule has 1 saturated heterocycles. The number of rotatable bonds is 6. The van der Waals surface area contributed by atoms with E-state index in [0.717, 1.165) is 54.5 Å². The standard InChI is InChI=1S/C14H17Br2NO3/c15-12-8-11(10-18)14(13(16)9-12)20-5-1-2-17-3-6-19-7-4-17/h8-10H,1-7H2. The summed E-state index contributed by atoms with van der Waals surface area (Å²) in [5.74, 6) is 0.616. The van der Waals surface area contributed by atoms with Crippen LogP contribution in [0.2, 0.25) is 0 Å². The van der Waals surface area contributed by atoms with Gasteiger partial charge in [0.2, 0.25) is 0 Å². The molecule has 1 aromatic carbocycles. The number of carbonyl (C=O) groups is 1. The molecule has 1 heterocycles. The van der Waals surface area contributed by atoms with E-state index in [0.29, 0.717) is 17.9 Å². The minimum Gasteiger partial charge on any atom is -0.492 e. The summed E-state index contributed by atoms with van der Waals surface area (Å²) in [6, 6.07) is 3.64. The number of carbonyl (C=O) groups excluding carboxylic acids is 1. The van der Waals surface area contributed by atoms with Crippen molar-refractivity contribution in [2.24, 2.45) is 0 Å². The van der Waals surface area contributed by atoms with Crippen LogP contribution in [0.15, 0.2) is 21.1 Å². The summed E-state index contributed by atoms with van der Waals surface area (Å²) >= 11 is 6.79. The topological polar surface area (TPSA) is 38.8 Å². The number of benzene rings is 1. The third-order valence-corrected chi connectivity index (χ3v) is 4.18. The Kier molecular flexibility index (Phi) is 6.48. The SMILES string of the molecule is O=Cc1cc(Br)cc(Br)c1OCCCN1CCOCC1. The molecule has 0 aliphatic carbocycles.